The average molecular weight is 288 g/mol. The van der Waals surface area contributed by atoms with E-state index in [1.807, 2.05) is 16.8 Å². The molecule has 0 amide bonds. The van der Waals surface area contributed by atoms with Crippen molar-refractivity contribution in [3.05, 3.63) is 22.4 Å². The molecule has 1 aromatic heterocycles. The molecular formula is C12H20N2O2S2. The van der Waals surface area contributed by atoms with E-state index in [1.54, 1.807) is 25.3 Å². The van der Waals surface area contributed by atoms with Gasteiger partial charge in [-0.3, -0.25) is 0 Å². The maximum atomic E-state index is 12.3. The van der Waals surface area contributed by atoms with Crippen molar-refractivity contribution >= 4 is 21.4 Å². The summed E-state index contributed by atoms with van der Waals surface area (Å²) in [4.78, 5) is 0. The first-order chi connectivity index (χ1) is 8.50. The van der Waals surface area contributed by atoms with Crippen LogP contribution in [-0.2, 0) is 16.6 Å². The van der Waals surface area contributed by atoms with Gasteiger partial charge in [-0.1, -0.05) is 0 Å². The van der Waals surface area contributed by atoms with Gasteiger partial charge < -0.3 is 5.32 Å². The third-order valence-electron chi connectivity index (χ3n) is 3.20. The van der Waals surface area contributed by atoms with Crippen LogP contribution in [0.25, 0.3) is 0 Å². The average Bonchev–Trinajstić information content (AvgIpc) is 3.02. The van der Waals surface area contributed by atoms with Gasteiger partial charge in [0.2, 0.25) is 10.0 Å². The van der Waals surface area contributed by atoms with Crippen molar-refractivity contribution < 1.29 is 8.42 Å². The summed E-state index contributed by atoms with van der Waals surface area (Å²) in [5, 5.41) is 6.85. The molecule has 2 rings (SSSR count). The van der Waals surface area contributed by atoms with Crippen LogP contribution in [0.5, 0.6) is 0 Å². The Kier molecular flexibility index (Phi) is 4.42. The normalized spacial score (nSPS) is 18.2. The topological polar surface area (TPSA) is 49.4 Å². The van der Waals surface area contributed by atoms with Gasteiger partial charge in [0.15, 0.2) is 0 Å². The number of hydrogen-bond donors (Lipinski definition) is 1. The van der Waals surface area contributed by atoms with E-state index in [4.69, 9.17) is 0 Å². The van der Waals surface area contributed by atoms with E-state index < -0.39 is 10.0 Å². The first kappa shape index (κ1) is 14.0. The molecule has 1 fully saturated rings. The second-order valence-corrected chi connectivity index (χ2v) is 8.16. The molecule has 1 aromatic rings. The van der Waals surface area contributed by atoms with Crippen molar-refractivity contribution in [2.45, 2.75) is 37.6 Å². The lowest BCUT2D eigenvalue weighted by atomic mass is 10.3. The lowest BCUT2D eigenvalue weighted by Crippen LogP contribution is -2.40. The summed E-state index contributed by atoms with van der Waals surface area (Å²) in [6.07, 6.45) is 2.36. The van der Waals surface area contributed by atoms with Crippen LogP contribution in [0.3, 0.4) is 0 Å². The number of sulfonamides is 1. The van der Waals surface area contributed by atoms with E-state index in [0.717, 1.165) is 5.56 Å². The number of rotatable bonds is 7. The van der Waals surface area contributed by atoms with Crippen LogP contribution in [0.1, 0.15) is 25.3 Å². The highest BCUT2D eigenvalue weighted by Crippen LogP contribution is 2.19. The largest absolute Gasteiger partial charge is 0.313 e. The Bertz CT molecular complexity index is 466. The predicted octanol–water partition coefficient (Wildman–Crippen LogP) is 1.65. The van der Waals surface area contributed by atoms with Crippen molar-refractivity contribution in [2.24, 2.45) is 0 Å². The van der Waals surface area contributed by atoms with Gasteiger partial charge in [0, 0.05) is 26.2 Å². The molecule has 1 unspecified atom stereocenters. The van der Waals surface area contributed by atoms with Crippen molar-refractivity contribution in [3.63, 3.8) is 0 Å². The fourth-order valence-electron chi connectivity index (χ4n) is 1.76. The van der Waals surface area contributed by atoms with Crippen molar-refractivity contribution in [3.8, 4) is 0 Å². The summed E-state index contributed by atoms with van der Waals surface area (Å²) in [6.45, 7) is 2.77. The Labute approximate surface area is 113 Å². The first-order valence-electron chi connectivity index (χ1n) is 6.20. The molecule has 102 valence electrons. The highest BCUT2D eigenvalue weighted by Gasteiger charge is 2.28. The van der Waals surface area contributed by atoms with Crippen LogP contribution in [0.15, 0.2) is 16.8 Å². The Hall–Kier alpha value is -0.430. The summed E-state index contributed by atoms with van der Waals surface area (Å²) < 4.78 is 26.0. The molecule has 1 atom stereocenters. The Morgan fingerprint density at radius 3 is 2.83 bits per heavy atom. The minimum Gasteiger partial charge on any atom is -0.313 e. The number of thiophene rings is 1. The first-order valence-corrected chi connectivity index (χ1v) is 8.64. The second kappa shape index (κ2) is 5.69. The number of hydrogen-bond acceptors (Lipinski definition) is 4. The third kappa shape index (κ3) is 3.54. The van der Waals surface area contributed by atoms with Gasteiger partial charge >= 0.3 is 0 Å². The van der Waals surface area contributed by atoms with Crippen LogP contribution in [-0.4, -0.2) is 37.6 Å². The van der Waals surface area contributed by atoms with Crippen molar-refractivity contribution in [1.29, 1.82) is 0 Å². The fraction of sp³-hybridized carbons (Fsp3) is 0.667. The summed E-state index contributed by atoms with van der Waals surface area (Å²) >= 11 is 1.59. The van der Waals surface area contributed by atoms with Gasteiger partial charge in [0.05, 0.1) is 5.25 Å². The maximum absolute atomic E-state index is 12.3. The van der Waals surface area contributed by atoms with Crippen LogP contribution in [0, 0.1) is 0 Å². The third-order valence-corrected chi connectivity index (χ3v) is 6.11. The molecule has 0 radical (unpaired) electrons. The molecular weight excluding hydrogens is 268 g/mol. The highest BCUT2D eigenvalue weighted by atomic mass is 32.2. The maximum Gasteiger partial charge on any atom is 0.218 e. The smallest absolute Gasteiger partial charge is 0.218 e. The van der Waals surface area contributed by atoms with Gasteiger partial charge in [-0.25, -0.2) is 12.7 Å². The Morgan fingerprint density at radius 2 is 2.28 bits per heavy atom. The molecule has 0 aromatic carbocycles. The fourth-order valence-corrected chi connectivity index (χ4v) is 3.67. The molecule has 0 bridgehead atoms. The summed E-state index contributed by atoms with van der Waals surface area (Å²) in [5.41, 5.74) is 1.05. The molecule has 1 saturated carbocycles. The lowest BCUT2D eigenvalue weighted by molar-refractivity contribution is 0.454. The van der Waals surface area contributed by atoms with E-state index in [9.17, 15) is 8.42 Å². The van der Waals surface area contributed by atoms with Crippen LogP contribution >= 0.6 is 11.3 Å². The Balaban J connectivity index is 1.90. The highest BCUT2D eigenvalue weighted by molar-refractivity contribution is 7.89. The van der Waals surface area contributed by atoms with E-state index in [2.05, 4.69) is 5.32 Å². The zero-order valence-electron chi connectivity index (χ0n) is 10.8. The van der Waals surface area contributed by atoms with Crippen molar-refractivity contribution in [2.75, 3.05) is 13.6 Å². The zero-order valence-corrected chi connectivity index (χ0v) is 12.4. The summed E-state index contributed by atoms with van der Waals surface area (Å²) in [7, 11) is -1.55. The molecule has 1 N–H and O–H groups in total. The molecule has 1 aliphatic rings. The van der Waals surface area contributed by atoms with Crippen molar-refractivity contribution in [1.82, 2.24) is 9.62 Å². The lowest BCUT2D eigenvalue weighted by Gasteiger charge is -2.22. The van der Waals surface area contributed by atoms with Crippen LogP contribution < -0.4 is 5.32 Å². The molecule has 1 heterocycles. The predicted molar refractivity (Wildman–Crippen MR) is 75.2 cm³/mol. The molecule has 0 aliphatic heterocycles. The second-order valence-electron chi connectivity index (χ2n) is 4.93. The molecule has 0 spiro atoms. The van der Waals surface area contributed by atoms with Crippen LogP contribution in [0.4, 0.5) is 0 Å². The monoisotopic (exact) mass is 288 g/mol. The van der Waals surface area contributed by atoms with E-state index in [0.29, 0.717) is 19.1 Å². The van der Waals surface area contributed by atoms with E-state index in [-0.39, 0.29) is 5.25 Å². The SMILES string of the molecule is CC(CNC1CC1)S(=O)(=O)N(C)Cc1ccsc1. The van der Waals surface area contributed by atoms with E-state index >= 15 is 0 Å². The molecule has 0 saturated heterocycles. The quantitative estimate of drug-likeness (QED) is 0.830. The molecule has 1 aliphatic carbocycles. The molecule has 6 heteroatoms. The number of nitrogens with zero attached hydrogens (tertiary/aromatic N) is 1. The standard InChI is InChI=1S/C12H20N2O2S2/c1-10(7-13-12-3-4-12)18(15,16)14(2)8-11-5-6-17-9-11/h5-6,9-10,12-13H,3-4,7-8H2,1-2H3. The van der Waals surface area contributed by atoms with Gasteiger partial charge in [-0.05, 0) is 42.2 Å². The van der Waals surface area contributed by atoms with Gasteiger partial charge in [-0.2, -0.15) is 11.3 Å². The number of nitrogens with one attached hydrogen (secondary N) is 1. The Morgan fingerprint density at radius 1 is 1.56 bits per heavy atom. The van der Waals surface area contributed by atoms with Gasteiger partial charge in [0.25, 0.3) is 0 Å². The van der Waals surface area contributed by atoms with Gasteiger partial charge in [-0.15, -0.1) is 0 Å². The summed E-state index contributed by atoms with van der Waals surface area (Å²) in [5.74, 6) is 0. The zero-order chi connectivity index (χ0) is 13.2. The minimum absolute atomic E-state index is 0.373. The summed E-state index contributed by atoms with van der Waals surface area (Å²) in [6, 6.07) is 2.51. The van der Waals surface area contributed by atoms with Gasteiger partial charge in [0.1, 0.15) is 0 Å². The molecule has 18 heavy (non-hydrogen) atoms. The van der Waals surface area contributed by atoms with Crippen LogP contribution in [0.2, 0.25) is 0 Å². The molecule has 4 nitrogen and oxygen atoms in total. The van der Waals surface area contributed by atoms with E-state index in [1.165, 1.54) is 17.1 Å². The minimum atomic E-state index is -3.21.